The van der Waals surface area contributed by atoms with Crippen LogP contribution < -0.4 is 14.8 Å². The monoisotopic (exact) mass is 292 g/mol. The molecule has 0 saturated carbocycles. The molecule has 0 fully saturated rings. The Labute approximate surface area is 122 Å². The summed E-state index contributed by atoms with van der Waals surface area (Å²) in [7, 11) is 3.40. The second-order valence-electron chi connectivity index (χ2n) is 3.68. The van der Waals surface area contributed by atoms with Gasteiger partial charge in [-0.2, -0.15) is 15.0 Å². The first-order valence-electron chi connectivity index (χ1n) is 6.13. The van der Waals surface area contributed by atoms with Gasteiger partial charge in [0.05, 0.1) is 13.7 Å². The van der Waals surface area contributed by atoms with E-state index in [9.17, 15) is 0 Å². The molecule has 1 heterocycles. The van der Waals surface area contributed by atoms with E-state index in [4.69, 9.17) is 9.47 Å². The van der Waals surface area contributed by atoms with E-state index in [0.717, 1.165) is 10.6 Å². The van der Waals surface area contributed by atoms with Gasteiger partial charge in [0.1, 0.15) is 5.75 Å². The number of methoxy groups -OCH3 is 1. The van der Waals surface area contributed by atoms with Crippen molar-refractivity contribution >= 4 is 17.7 Å². The maximum atomic E-state index is 5.33. The Balaban J connectivity index is 2.20. The summed E-state index contributed by atoms with van der Waals surface area (Å²) in [5.74, 6) is 1.30. The van der Waals surface area contributed by atoms with Gasteiger partial charge in [0.15, 0.2) is 0 Å². The highest BCUT2D eigenvalue weighted by atomic mass is 32.2. The number of nitrogens with zero attached hydrogens (tertiary/aromatic N) is 3. The summed E-state index contributed by atoms with van der Waals surface area (Å²) in [4.78, 5) is 13.7. The number of hydrogen-bond donors (Lipinski definition) is 1. The fraction of sp³-hybridized carbons (Fsp3) is 0.308. The molecule has 20 heavy (non-hydrogen) atoms. The van der Waals surface area contributed by atoms with E-state index in [1.54, 1.807) is 14.2 Å². The maximum absolute atomic E-state index is 5.33. The zero-order chi connectivity index (χ0) is 14.4. The van der Waals surface area contributed by atoms with Crippen molar-refractivity contribution in [1.29, 1.82) is 0 Å². The van der Waals surface area contributed by atoms with Gasteiger partial charge >= 0.3 is 6.01 Å². The summed E-state index contributed by atoms with van der Waals surface area (Å²) in [5, 5.41) is 3.48. The molecule has 2 aromatic rings. The largest absolute Gasteiger partial charge is 0.497 e. The lowest BCUT2D eigenvalue weighted by Gasteiger charge is -2.06. The third kappa shape index (κ3) is 3.74. The molecule has 0 bridgehead atoms. The Morgan fingerprint density at radius 2 is 1.90 bits per heavy atom. The molecule has 1 aromatic heterocycles. The lowest BCUT2D eigenvalue weighted by Crippen LogP contribution is -2.04. The summed E-state index contributed by atoms with van der Waals surface area (Å²) < 4.78 is 10.5. The Hall–Kier alpha value is -2.02. The topological polar surface area (TPSA) is 69.2 Å². The maximum Gasteiger partial charge on any atom is 0.322 e. The van der Waals surface area contributed by atoms with Gasteiger partial charge in [0.2, 0.25) is 11.1 Å². The van der Waals surface area contributed by atoms with Crippen molar-refractivity contribution in [2.75, 3.05) is 26.1 Å². The summed E-state index contributed by atoms with van der Waals surface area (Å²) in [5.41, 5.74) is 0. The molecule has 1 aromatic carbocycles. The van der Waals surface area contributed by atoms with Crippen LogP contribution in [0.1, 0.15) is 6.92 Å². The van der Waals surface area contributed by atoms with E-state index in [2.05, 4.69) is 20.3 Å². The van der Waals surface area contributed by atoms with E-state index in [1.165, 1.54) is 11.8 Å². The third-order valence-electron chi connectivity index (χ3n) is 2.36. The number of ether oxygens (including phenoxy) is 2. The van der Waals surface area contributed by atoms with Crippen LogP contribution in [0.2, 0.25) is 0 Å². The predicted molar refractivity (Wildman–Crippen MR) is 77.7 cm³/mol. The first kappa shape index (κ1) is 14.4. The summed E-state index contributed by atoms with van der Waals surface area (Å²) >= 11 is 1.44. The Morgan fingerprint density at radius 3 is 2.50 bits per heavy atom. The number of rotatable bonds is 6. The average molecular weight is 292 g/mol. The zero-order valence-corrected chi connectivity index (χ0v) is 12.4. The first-order valence-corrected chi connectivity index (χ1v) is 6.95. The molecule has 0 aliphatic heterocycles. The minimum Gasteiger partial charge on any atom is -0.497 e. The first-order chi connectivity index (χ1) is 9.75. The fourth-order valence-corrected chi connectivity index (χ4v) is 2.18. The fourth-order valence-electron chi connectivity index (χ4n) is 1.44. The van der Waals surface area contributed by atoms with Crippen molar-refractivity contribution in [2.45, 2.75) is 17.0 Å². The quantitative estimate of drug-likeness (QED) is 0.877. The Kier molecular flexibility index (Phi) is 5.00. The Morgan fingerprint density at radius 1 is 1.15 bits per heavy atom. The number of anilines is 1. The van der Waals surface area contributed by atoms with Crippen LogP contribution in [0.3, 0.4) is 0 Å². The molecule has 0 atom stereocenters. The molecule has 0 radical (unpaired) electrons. The molecule has 0 amide bonds. The molecule has 106 valence electrons. The standard InChI is InChI=1S/C13H16N4O2S/c1-4-19-12-15-11(14-2)16-13(17-12)20-10-7-5-9(18-3)6-8-10/h5-8H,4H2,1-3H3,(H,14,15,16,17). The molecule has 0 aliphatic rings. The van der Waals surface area contributed by atoms with E-state index in [-0.39, 0.29) is 0 Å². The smallest absolute Gasteiger partial charge is 0.322 e. The van der Waals surface area contributed by atoms with E-state index < -0.39 is 0 Å². The van der Waals surface area contributed by atoms with Crippen molar-refractivity contribution in [3.05, 3.63) is 24.3 Å². The van der Waals surface area contributed by atoms with Gasteiger partial charge in [0, 0.05) is 11.9 Å². The van der Waals surface area contributed by atoms with Crippen molar-refractivity contribution in [1.82, 2.24) is 15.0 Å². The highest BCUT2D eigenvalue weighted by Crippen LogP contribution is 2.27. The summed E-state index contributed by atoms with van der Waals surface area (Å²) in [6.45, 7) is 2.40. The molecular formula is C13H16N4O2S. The van der Waals surface area contributed by atoms with E-state index in [0.29, 0.717) is 23.7 Å². The number of hydrogen-bond acceptors (Lipinski definition) is 7. The van der Waals surface area contributed by atoms with Crippen LogP contribution in [-0.4, -0.2) is 35.7 Å². The van der Waals surface area contributed by atoms with Crippen molar-refractivity contribution in [3.8, 4) is 11.8 Å². The number of aromatic nitrogens is 3. The molecule has 0 aliphatic carbocycles. The lowest BCUT2D eigenvalue weighted by molar-refractivity contribution is 0.308. The zero-order valence-electron chi connectivity index (χ0n) is 11.6. The van der Waals surface area contributed by atoms with Gasteiger partial charge < -0.3 is 14.8 Å². The Bertz CT molecular complexity index is 563. The number of nitrogens with one attached hydrogen (secondary N) is 1. The summed E-state index contributed by atoms with van der Waals surface area (Å²) in [6.07, 6.45) is 0. The van der Waals surface area contributed by atoms with Gasteiger partial charge in [-0.3, -0.25) is 0 Å². The second kappa shape index (κ2) is 6.95. The highest BCUT2D eigenvalue weighted by Gasteiger charge is 2.08. The van der Waals surface area contributed by atoms with Crippen LogP contribution in [0.15, 0.2) is 34.3 Å². The van der Waals surface area contributed by atoms with Crippen LogP contribution in [-0.2, 0) is 0 Å². The summed E-state index contributed by atoms with van der Waals surface area (Å²) in [6, 6.07) is 8.01. The average Bonchev–Trinajstić information content (AvgIpc) is 2.48. The molecule has 7 heteroatoms. The molecule has 6 nitrogen and oxygen atoms in total. The van der Waals surface area contributed by atoms with Gasteiger partial charge in [-0.15, -0.1) is 0 Å². The molecule has 0 unspecified atom stereocenters. The normalized spacial score (nSPS) is 10.2. The van der Waals surface area contributed by atoms with Crippen LogP contribution in [0.5, 0.6) is 11.8 Å². The third-order valence-corrected chi connectivity index (χ3v) is 3.23. The molecule has 0 saturated heterocycles. The van der Waals surface area contributed by atoms with Gasteiger partial charge in [-0.1, -0.05) is 0 Å². The second-order valence-corrected chi connectivity index (χ2v) is 4.73. The molecule has 2 rings (SSSR count). The molecular weight excluding hydrogens is 276 g/mol. The minimum atomic E-state index is 0.322. The van der Waals surface area contributed by atoms with Crippen LogP contribution in [0.25, 0.3) is 0 Å². The molecule has 1 N–H and O–H groups in total. The van der Waals surface area contributed by atoms with Crippen molar-refractivity contribution in [2.24, 2.45) is 0 Å². The van der Waals surface area contributed by atoms with E-state index >= 15 is 0 Å². The van der Waals surface area contributed by atoms with Gasteiger partial charge in [-0.05, 0) is 43.0 Å². The van der Waals surface area contributed by atoms with Crippen LogP contribution >= 0.6 is 11.8 Å². The van der Waals surface area contributed by atoms with Crippen LogP contribution in [0, 0.1) is 0 Å². The molecule has 0 spiro atoms. The minimum absolute atomic E-state index is 0.322. The lowest BCUT2D eigenvalue weighted by atomic mass is 10.3. The van der Waals surface area contributed by atoms with E-state index in [1.807, 2.05) is 31.2 Å². The highest BCUT2D eigenvalue weighted by molar-refractivity contribution is 7.99. The van der Waals surface area contributed by atoms with Crippen molar-refractivity contribution in [3.63, 3.8) is 0 Å². The predicted octanol–water partition coefficient (Wildman–Crippen LogP) is 2.47. The van der Waals surface area contributed by atoms with Gasteiger partial charge in [0.25, 0.3) is 0 Å². The van der Waals surface area contributed by atoms with Gasteiger partial charge in [-0.25, -0.2) is 0 Å². The van der Waals surface area contributed by atoms with Crippen LogP contribution in [0.4, 0.5) is 5.95 Å². The SMILES string of the molecule is CCOc1nc(NC)nc(Sc2ccc(OC)cc2)n1. The number of benzene rings is 1. The van der Waals surface area contributed by atoms with Crippen molar-refractivity contribution < 1.29 is 9.47 Å².